The molecule has 112 valence electrons. The maximum atomic E-state index is 11.6. The standard InChI is InChI=1S/C14H16BrN3O2S/c1-8-3-4-11(7-12(8)15)18-13-5-10(16)6-14(9(13)2)21(17,19)20/h3-7,18H,16H2,1-2H3,(H2,17,19,20). The van der Waals surface area contributed by atoms with Crippen LogP contribution in [0.3, 0.4) is 0 Å². The third kappa shape index (κ3) is 3.55. The molecule has 0 fully saturated rings. The number of sulfonamides is 1. The van der Waals surface area contributed by atoms with Crippen molar-refractivity contribution in [2.45, 2.75) is 18.7 Å². The zero-order chi connectivity index (χ0) is 15.8. The molecule has 0 radical (unpaired) electrons. The van der Waals surface area contributed by atoms with Crippen LogP contribution in [-0.4, -0.2) is 8.42 Å². The van der Waals surface area contributed by atoms with Crippen LogP contribution < -0.4 is 16.2 Å². The van der Waals surface area contributed by atoms with Crippen molar-refractivity contribution in [3.63, 3.8) is 0 Å². The Balaban J connectivity index is 2.49. The molecule has 7 heteroatoms. The SMILES string of the molecule is Cc1ccc(Nc2cc(N)cc(S(N)(=O)=O)c2C)cc1Br. The van der Waals surface area contributed by atoms with Gasteiger partial charge in [-0.3, -0.25) is 0 Å². The molecule has 0 aliphatic carbocycles. The van der Waals surface area contributed by atoms with E-state index in [2.05, 4.69) is 21.2 Å². The molecule has 0 heterocycles. The van der Waals surface area contributed by atoms with Gasteiger partial charge in [0.1, 0.15) is 0 Å². The van der Waals surface area contributed by atoms with Gasteiger partial charge in [-0.15, -0.1) is 0 Å². The molecule has 2 aromatic carbocycles. The average Bonchev–Trinajstić information content (AvgIpc) is 2.36. The first-order valence-electron chi connectivity index (χ1n) is 6.14. The summed E-state index contributed by atoms with van der Waals surface area (Å²) in [5.74, 6) is 0. The monoisotopic (exact) mass is 369 g/mol. The minimum absolute atomic E-state index is 0.0242. The molecule has 0 amide bonds. The van der Waals surface area contributed by atoms with Gasteiger partial charge in [0.25, 0.3) is 0 Å². The van der Waals surface area contributed by atoms with Crippen molar-refractivity contribution in [1.29, 1.82) is 0 Å². The van der Waals surface area contributed by atoms with E-state index in [9.17, 15) is 8.42 Å². The van der Waals surface area contributed by atoms with Crippen LogP contribution in [0.5, 0.6) is 0 Å². The topological polar surface area (TPSA) is 98.2 Å². The van der Waals surface area contributed by atoms with Crippen LogP contribution in [0.1, 0.15) is 11.1 Å². The van der Waals surface area contributed by atoms with E-state index in [1.165, 1.54) is 6.07 Å². The van der Waals surface area contributed by atoms with Crippen LogP contribution in [0, 0.1) is 13.8 Å². The van der Waals surface area contributed by atoms with Gasteiger partial charge >= 0.3 is 0 Å². The van der Waals surface area contributed by atoms with Crippen LogP contribution in [0.25, 0.3) is 0 Å². The number of aryl methyl sites for hydroxylation is 1. The lowest BCUT2D eigenvalue weighted by molar-refractivity contribution is 0.597. The predicted molar refractivity (Wildman–Crippen MR) is 89.1 cm³/mol. The summed E-state index contributed by atoms with van der Waals surface area (Å²) in [6.45, 7) is 3.67. The number of primary sulfonamides is 1. The number of benzene rings is 2. The lowest BCUT2D eigenvalue weighted by Crippen LogP contribution is -2.15. The number of nitrogens with two attached hydrogens (primary N) is 2. The molecule has 0 aliphatic heterocycles. The first kappa shape index (κ1) is 15.8. The Morgan fingerprint density at radius 2 is 1.81 bits per heavy atom. The highest BCUT2D eigenvalue weighted by atomic mass is 79.9. The van der Waals surface area contributed by atoms with E-state index in [4.69, 9.17) is 10.9 Å². The molecule has 0 spiro atoms. The molecule has 2 rings (SSSR count). The number of nitrogens with one attached hydrogen (secondary N) is 1. The highest BCUT2D eigenvalue weighted by Gasteiger charge is 2.15. The number of nitrogen functional groups attached to an aromatic ring is 1. The molecule has 2 aromatic rings. The molecule has 0 aromatic heterocycles. The van der Waals surface area contributed by atoms with Crippen molar-refractivity contribution < 1.29 is 8.42 Å². The Labute approximate surface area is 132 Å². The summed E-state index contributed by atoms with van der Waals surface area (Å²) in [6.07, 6.45) is 0. The fraction of sp³-hybridized carbons (Fsp3) is 0.143. The van der Waals surface area contributed by atoms with E-state index >= 15 is 0 Å². The first-order chi connectivity index (χ1) is 9.68. The van der Waals surface area contributed by atoms with E-state index in [1.807, 2.05) is 25.1 Å². The number of hydrogen-bond donors (Lipinski definition) is 3. The quantitative estimate of drug-likeness (QED) is 0.724. The summed E-state index contributed by atoms with van der Waals surface area (Å²) in [4.78, 5) is 0.0242. The van der Waals surface area contributed by atoms with Crippen LogP contribution in [0.15, 0.2) is 39.7 Å². The highest BCUT2D eigenvalue weighted by Crippen LogP contribution is 2.30. The van der Waals surface area contributed by atoms with Gasteiger partial charge in [-0.1, -0.05) is 22.0 Å². The average molecular weight is 370 g/mol. The summed E-state index contributed by atoms with van der Waals surface area (Å²) in [7, 11) is -3.81. The van der Waals surface area contributed by atoms with Gasteiger partial charge in [-0.05, 0) is 49.2 Å². The maximum absolute atomic E-state index is 11.6. The maximum Gasteiger partial charge on any atom is 0.238 e. The van der Waals surface area contributed by atoms with E-state index in [0.29, 0.717) is 16.9 Å². The van der Waals surface area contributed by atoms with E-state index in [1.54, 1.807) is 13.0 Å². The molecule has 5 nitrogen and oxygen atoms in total. The fourth-order valence-corrected chi connectivity index (χ4v) is 3.18. The van der Waals surface area contributed by atoms with Crippen LogP contribution in [-0.2, 0) is 10.0 Å². The van der Waals surface area contributed by atoms with Crippen molar-refractivity contribution >= 4 is 43.0 Å². The Morgan fingerprint density at radius 1 is 1.14 bits per heavy atom. The Kier molecular flexibility index (Phi) is 4.27. The molecule has 0 unspecified atom stereocenters. The molecular weight excluding hydrogens is 354 g/mol. The molecular formula is C14H16BrN3O2S. The van der Waals surface area contributed by atoms with Crippen LogP contribution in [0.2, 0.25) is 0 Å². The van der Waals surface area contributed by atoms with Gasteiger partial charge in [-0.25, -0.2) is 13.6 Å². The molecule has 0 saturated heterocycles. The van der Waals surface area contributed by atoms with Crippen molar-refractivity contribution in [2.24, 2.45) is 5.14 Å². The van der Waals surface area contributed by atoms with E-state index in [-0.39, 0.29) is 4.90 Å². The lowest BCUT2D eigenvalue weighted by Gasteiger charge is -2.14. The Hall–Kier alpha value is -1.57. The van der Waals surface area contributed by atoms with Crippen molar-refractivity contribution in [1.82, 2.24) is 0 Å². The molecule has 0 saturated carbocycles. The molecule has 0 aliphatic rings. The molecule has 5 N–H and O–H groups in total. The van der Waals surface area contributed by atoms with Gasteiger partial charge in [0, 0.05) is 21.5 Å². The highest BCUT2D eigenvalue weighted by molar-refractivity contribution is 9.10. The zero-order valence-electron chi connectivity index (χ0n) is 11.6. The van der Waals surface area contributed by atoms with Crippen LogP contribution >= 0.6 is 15.9 Å². The fourth-order valence-electron chi connectivity index (χ4n) is 1.96. The van der Waals surface area contributed by atoms with Gasteiger partial charge < -0.3 is 11.1 Å². The second-order valence-corrected chi connectivity index (χ2v) is 7.21. The number of hydrogen-bond acceptors (Lipinski definition) is 4. The third-order valence-electron chi connectivity index (χ3n) is 3.14. The normalized spacial score (nSPS) is 11.4. The number of halogens is 1. The summed E-state index contributed by atoms with van der Waals surface area (Å²) < 4.78 is 24.2. The largest absolute Gasteiger partial charge is 0.399 e. The first-order valence-corrected chi connectivity index (χ1v) is 8.48. The van der Waals surface area contributed by atoms with Gasteiger partial charge in [0.15, 0.2) is 0 Å². The van der Waals surface area contributed by atoms with Crippen molar-refractivity contribution in [2.75, 3.05) is 11.1 Å². The second-order valence-electron chi connectivity index (χ2n) is 4.83. The van der Waals surface area contributed by atoms with Gasteiger partial charge in [0.05, 0.1) is 4.90 Å². The zero-order valence-corrected chi connectivity index (χ0v) is 14.0. The summed E-state index contributed by atoms with van der Waals surface area (Å²) in [6, 6.07) is 8.81. The Bertz CT molecular complexity index is 804. The lowest BCUT2D eigenvalue weighted by atomic mass is 10.1. The molecule has 0 atom stereocenters. The third-order valence-corrected chi connectivity index (χ3v) is 5.03. The van der Waals surface area contributed by atoms with Gasteiger partial charge in [0.2, 0.25) is 10.0 Å². The number of anilines is 3. The van der Waals surface area contributed by atoms with E-state index < -0.39 is 10.0 Å². The van der Waals surface area contributed by atoms with Crippen molar-refractivity contribution in [3.05, 3.63) is 45.9 Å². The summed E-state index contributed by atoms with van der Waals surface area (Å²) in [5.41, 5.74) is 9.16. The smallest absolute Gasteiger partial charge is 0.238 e. The van der Waals surface area contributed by atoms with Gasteiger partial charge in [-0.2, -0.15) is 0 Å². The molecule has 21 heavy (non-hydrogen) atoms. The van der Waals surface area contributed by atoms with Crippen molar-refractivity contribution in [3.8, 4) is 0 Å². The predicted octanol–water partition coefficient (Wildman–Crippen LogP) is 3.04. The summed E-state index contributed by atoms with van der Waals surface area (Å²) >= 11 is 3.46. The number of rotatable bonds is 3. The Morgan fingerprint density at radius 3 is 2.38 bits per heavy atom. The minimum atomic E-state index is -3.81. The van der Waals surface area contributed by atoms with Crippen LogP contribution in [0.4, 0.5) is 17.1 Å². The van der Waals surface area contributed by atoms with E-state index in [0.717, 1.165) is 15.7 Å². The summed E-state index contributed by atoms with van der Waals surface area (Å²) in [5, 5.41) is 8.38. The molecule has 0 bridgehead atoms. The second kappa shape index (κ2) is 5.67. The minimum Gasteiger partial charge on any atom is -0.399 e.